The number of carbonyl (C=O) groups is 1. The molecule has 1 aliphatic heterocycles. The summed E-state index contributed by atoms with van der Waals surface area (Å²) in [5, 5.41) is 3.04. The average Bonchev–Trinajstić information content (AvgIpc) is 2.95. The lowest BCUT2D eigenvalue weighted by atomic mass is 10.2. The summed E-state index contributed by atoms with van der Waals surface area (Å²) in [5.74, 6) is -0.695. The van der Waals surface area contributed by atoms with E-state index in [0.29, 0.717) is 28.6 Å². The summed E-state index contributed by atoms with van der Waals surface area (Å²) in [4.78, 5) is 12.6. The summed E-state index contributed by atoms with van der Waals surface area (Å²) >= 11 is 6.95. The molecule has 1 aliphatic rings. The molecule has 1 saturated heterocycles. The van der Waals surface area contributed by atoms with Crippen molar-refractivity contribution in [2.45, 2.75) is 36.4 Å². The zero-order chi connectivity index (χ0) is 16.1. The van der Waals surface area contributed by atoms with Crippen LogP contribution in [0.15, 0.2) is 23.1 Å². The standard InChI is InChI=1S/C14H17ClF2N2O2S.ClH/c15-9-2-1-3-10(13(9)22-7-12(16)17)19-14(20)11-5-4-8(6-18)21-11;/h1-3,8,11-12H,4-7,18H2,(H,19,20);1H/t8-,11+;/m1./s1. The summed E-state index contributed by atoms with van der Waals surface area (Å²) < 4.78 is 30.3. The molecule has 2 atom stereocenters. The van der Waals surface area contributed by atoms with Gasteiger partial charge in [0.25, 0.3) is 5.91 Å². The van der Waals surface area contributed by atoms with Crippen LogP contribution in [0.2, 0.25) is 5.02 Å². The van der Waals surface area contributed by atoms with Crippen molar-refractivity contribution >= 4 is 47.4 Å². The summed E-state index contributed by atoms with van der Waals surface area (Å²) in [5.41, 5.74) is 5.93. The van der Waals surface area contributed by atoms with Crippen molar-refractivity contribution in [2.24, 2.45) is 5.73 Å². The van der Waals surface area contributed by atoms with Crippen LogP contribution >= 0.6 is 35.8 Å². The first-order valence-electron chi connectivity index (χ1n) is 6.87. The largest absolute Gasteiger partial charge is 0.364 e. The second-order valence-corrected chi connectivity index (χ2v) is 6.31. The van der Waals surface area contributed by atoms with E-state index < -0.39 is 12.5 Å². The smallest absolute Gasteiger partial charge is 0.253 e. The molecule has 1 amide bonds. The highest BCUT2D eigenvalue weighted by Gasteiger charge is 2.30. The van der Waals surface area contributed by atoms with Crippen LogP contribution in [0, 0.1) is 0 Å². The van der Waals surface area contributed by atoms with Gasteiger partial charge in [0.2, 0.25) is 6.43 Å². The third-order valence-electron chi connectivity index (χ3n) is 3.24. The van der Waals surface area contributed by atoms with Crippen LogP contribution in [0.3, 0.4) is 0 Å². The van der Waals surface area contributed by atoms with Gasteiger partial charge >= 0.3 is 0 Å². The van der Waals surface area contributed by atoms with Crippen LogP contribution in [-0.4, -0.2) is 36.8 Å². The van der Waals surface area contributed by atoms with E-state index >= 15 is 0 Å². The number of thioether (sulfide) groups is 1. The van der Waals surface area contributed by atoms with Gasteiger partial charge in [0, 0.05) is 11.4 Å². The Hall–Kier alpha value is -0.600. The van der Waals surface area contributed by atoms with E-state index in [9.17, 15) is 13.6 Å². The number of rotatable bonds is 6. The lowest BCUT2D eigenvalue weighted by Gasteiger charge is -2.15. The third-order valence-corrected chi connectivity index (χ3v) is 4.82. The van der Waals surface area contributed by atoms with Crippen molar-refractivity contribution in [1.82, 2.24) is 0 Å². The Morgan fingerprint density at radius 3 is 2.83 bits per heavy atom. The summed E-state index contributed by atoms with van der Waals surface area (Å²) in [6, 6.07) is 4.89. The first-order chi connectivity index (χ1) is 10.5. The fourth-order valence-corrected chi connectivity index (χ4v) is 3.30. The molecule has 1 aromatic carbocycles. The Bertz CT molecular complexity index is 537. The lowest BCUT2D eigenvalue weighted by molar-refractivity contribution is -0.126. The molecule has 0 saturated carbocycles. The van der Waals surface area contributed by atoms with Crippen molar-refractivity contribution in [3.63, 3.8) is 0 Å². The van der Waals surface area contributed by atoms with Gasteiger partial charge in [-0.1, -0.05) is 17.7 Å². The van der Waals surface area contributed by atoms with Crippen molar-refractivity contribution in [3.8, 4) is 0 Å². The number of ether oxygens (including phenoxy) is 1. The monoisotopic (exact) mass is 386 g/mol. The van der Waals surface area contributed by atoms with Crippen LogP contribution in [0.25, 0.3) is 0 Å². The first-order valence-corrected chi connectivity index (χ1v) is 8.23. The van der Waals surface area contributed by atoms with Crippen LogP contribution < -0.4 is 11.1 Å². The van der Waals surface area contributed by atoms with E-state index in [1.54, 1.807) is 18.2 Å². The number of halogens is 4. The number of hydrogen-bond donors (Lipinski definition) is 2. The number of hydrogen-bond acceptors (Lipinski definition) is 4. The maximum atomic E-state index is 12.4. The Morgan fingerprint density at radius 2 is 2.22 bits per heavy atom. The molecule has 23 heavy (non-hydrogen) atoms. The first kappa shape index (κ1) is 20.4. The minimum absolute atomic E-state index is 0. The van der Waals surface area contributed by atoms with E-state index in [0.717, 1.165) is 18.2 Å². The predicted octanol–water partition coefficient (Wildman–Crippen LogP) is 3.56. The van der Waals surface area contributed by atoms with Gasteiger partial charge in [-0.15, -0.1) is 24.2 Å². The minimum Gasteiger partial charge on any atom is -0.364 e. The van der Waals surface area contributed by atoms with E-state index in [1.165, 1.54) is 0 Å². The fraction of sp³-hybridized carbons (Fsp3) is 0.500. The molecule has 0 spiro atoms. The van der Waals surface area contributed by atoms with Gasteiger partial charge in [0.1, 0.15) is 6.10 Å². The molecule has 4 nitrogen and oxygen atoms in total. The molecule has 1 aromatic rings. The van der Waals surface area contributed by atoms with E-state index in [2.05, 4.69) is 5.32 Å². The van der Waals surface area contributed by atoms with Crippen molar-refractivity contribution in [1.29, 1.82) is 0 Å². The van der Waals surface area contributed by atoms with Crippen molar-refractivity contribution in [3.05, 3.63) is 23.2 Å². The summed E-state index contributed by atoms with van der Waals surface area (Å²) in [6.45, 7) is 0.371. The third kappa shape index (κ3) is 5.76. The maximum absolute atomic E-state index is 12.4. The Balaban J connectivity index is 0.00000264. The molecular weight excluding hydrogens is 369 g/mol. The van der Waals surface area contributed by atoms with E-state index in [-0.39, 0.29) is 30.2 Å². The van der Waals surface area contributed by atoms with Crippen molar-refractivity contribution in [2.75, 3.05) is 17.6 Å². The van der Waals surface area contributed by atoms with E-state index in [1.807, 2.05) is 0 Å². The zero-order valence-corrected chi connectivity index (χ0v) is 14.5. The van der Waals surface area contributed by atoms with Crippen LogP contribution in [0.5, 0.6) is 0 Å². The highest BCUT2D eigenvalue weighted by molar-refractivity contribution is 7.99. The van der Waals surface area contributed by atoms with Gasteiger partial charge in [-0.3, -0.25) is 4.79 Å². The Labute approximate surface area is 148 Å². The van der Waals surface area contributed by atoms with Crippen LogP contribution in [0.1, 0.15) is 12.8 Å². The van der Waals surface area contributed by atoms with Gasteiger partial charge in [0.15, 0.2) is 0 Å². The molecule has 0 aromatic heterocycles. The highest BCUT2D eigenvalue weighted by Crippen LogP contribution is 2.35. The van der Waals surface area contributed by atoms with Gasteiger partial charge in [-0.05, 0) is 25.0 Å². The maximum Gasteiger partial charge on any atom is 0.253 e. The molecule has 0 radical (unpaired) electrons. The molecule has 1 heterocycles. The SMILES string of the molecule is Cl.NC[C@H]1CC[C@@H](C(=O)Nc2cccc(Cl)c2SCC(F)F)O1. The van der Waals surface area contributed by atoms with Crippen LogP contribution in [-0.2, 0) is 9.53 Å². The molecule has 1 fully saturated rings. The minimum atomic E-state index is -2.45. The Kier molecular flexibility index (Phi) is 8.57. The quantitative estimate of drug-likeness (QED) is 0.733. The molecule has 2 rings (SSSR count). The van der Waals surface area contributed by atoms with Gasteiger partial charge in [-0.25, -0.2) is 8.78 Å². The number of benzene rings is 1. The molecule has 3 N–H and O–H groups in total. The number of carbonyl (C=O) groups excluding carboxylic acids is 1. The number of nitrogens with two attached hydrogens (primary N) is 1. The van der Waals surface area contributed by atoms with Crippen molar-refractivity contribution < 1.29 is 18.3 Å². The highest BCUT2D eigenvalue weighted by atomic mass is 35.5. The van der Waals surface area contributed by atoms with Crippen LogP contribution in [0.4, 0.5) is 14.5 Å². The van der Waals surface area contributed by atoms with E-state index in [4.69, 9.17) is 22.1 Å². The number of alkyl halides is 2. The topological polar surface area (TPSA) is 64.4 Å². The number of anilines is 1. The second-order valence-electron chi connectivity index (χ2n) is 4.87. The molecular formula is C14H18Cl2F2N2O2S. The molecule has 130 valence electrons. The molecule has 9 heteroatoms. The predicted molar refractivity (Wildman–Crippen MR) is 91.0 cm³/mol. The molecule has 0 bridgehead atoms. The fourth-order valence-electron chi connectivity index (χ4n) is 2.19. The number of amides is 1. The molecule has 0 aliphatic carbocycles. The average molecular weight is 387 g/mol. The number of nitrogens with one attached hydrogen (secondary N) is 1. The lowest BCUT2D eigenvalue weighted by Crippen LogP contribution is -2.30. The summed E-state index contributed by atoms with van der Waals surface area (Å²) in [7, 11) is 0. The molecule has 0 unspecified atom stereocenters. The van der Waals surface area contributed by atoms with Gasteiger partial charge in [-0.2, -0.15) is 0 Å². The summed E-state index contributed by atoms with van der Waals surface area (Å²) in [6.07, 6.45) is -1.80. The normalized spacial score (nSPS) is 20.4. The zero-order valence-electron chi connectivity index (χ0n) is 12.1. The Morgan fingerprint density at radius 1 is 1.48 bits per heavy atom. The second kappa shape index (κ2) is 9.64. The van der Waals surface area contributed by atoms with Gasteiger partial charge in [0.05, 0.1) is 22.6 Å². The van der Waals surface area contributed by atoms with Gasteiger partial charge < -0.3 is 15.8 Å².